The maximum absolute atomic E-state index is 12.5. The zero-order valence-electron chi connectivity index (χ0n) is 12.5. The van der Waals surface area contributed by atoms with Gasteiger partial charge in [-0.3, -0.25) is 0 Å². The number of nitrogens with zero attached hydrogens (tertiary/aromatic N) is 4. The van der Waals surface area contributed by atoms with Crippen molar-refractivity contribution >= 4 is 10.0 Å². The van der Waals surface area contributed by atoms with Crippen LogP contribution in [0.15, 0.2) is 29.9 Å². The molecule has 23 heavy (non-hydrogen) atoms. The fourth-order valence-electron chi connectivity index (χ4n) is 2.43. The standard InChI is InChI=1S/C13H17N5O4S/c1-21-12-13(16-5-4-15-12)22-10-3-2-6-18(8-10)23(19,20)11-7-14-9-17-11/h4-5,7,9-10H,2-3,6,8H2,1H3,(H,14,17). The Balaban J connectivity index is 1.74. The lowest BCUT2D eigenvalue weighted by Gasteiger charge is -2.31. The van der Waals surface area contributed by atoms with Crippen LogP contribution in [-0.2, 0) is 10.0 Å². The third-order valence-corrected chi connectivity index (χ3v) is 5.33. The molecule has 0 aromatic carbocycles. The fraction of sp³-hybridized carbons (Fsp3) is 0.462. The predicted molar refractivity (Wildman–Crippen MR) is 79.6 cm³/mol. The number of ether oxygens (including phenoxy) is 2. The number of hydrogen-bond donors (Lipinski definition) is 1. The van der Waals surface area contributed by atoms with E-state index in [-0.39, 0.29) is 29.4 Å². The molecule has 10 heteroatoms. The summed E-state index contributed by atoms with van der Waals surface area (Å²) in [7, 11) is -2.11. The summed E-state index contributed by atoms with van der Waals surface area (Å²) in [5.41, 5.74) is 0. The lowest BCUT2D eigenvalue weighted by molar-refractivity contribution is 0.119. The molecule has 9 nitrogen and oxygen atoms in total. The highest BCUT2D eigenvalue weighted by molar-refractivity contribution is 7.89. The molecule has 0 saturated carbocycles. The summed E-state index contributed by atoms with van der Waals surface area (Å²) >= 11 is 0. The second kappa shape index (κ2) is 6.50. The van der Waals surface area contributed by atoms with Crippen LogP contribution < -0.4 is 9.47 Å². The summed E-state index contributed by atoms with van der Waals surface area (Å²) in [6, 6.07) is 0. The van der Waals surface area contributed by atoms with Crippen LogP contribution in [-0.4, -0.2) is 59.0 Å². The molecule has 1 fully saturated rings. The van der Waals surface area contributed by atoms with Crippen LogP contribution in [0, 0.1) is 0 Å². The van der Waals surface area contributed by atoms with Crippen LogP contribution in [0.5, 0.6) is 11.8 Å². The van der Waals surface area contributed by atoms with E-state index in [0.717, 1.165) is 6.42 Å². The van der Waals surface area contributed by atoms with Crippen LogP contribution in [0.4, 0.5) is 0 Å². The number of piperidine rings is 1. The molecule has 3 heterocycles. The van der Waals surface area contributed by atoms with Crippen molar-refractivity contribution in [3.63, 3.8) is 0 Å². The maximum atomic E-state index is 12.5. The van der Waals surface area contributed by atoms with Crippen LogP contribution in [0.1, 0.15) is 12.8 Å². The molecule has 0 aliphatic carbocycles. The summed E-state index contributed by atoms with van der Waals surface area (Å²) in [4.78, 5) is 14.5. The SMILES string of the molecule is COc1nccnc1OC1CCCN(S(=O)(=O)c2cnc[nH]2)C1. The van der Waals surface area contributed by atoms with Gasteiger partial charge in [0, 0.05) is 18.9 Å². The first-order valence-electron chi connectivity index (χ1n) is 7.11. The van der Waals surface area contributed by atoms with Crippen molar-refractivity contribution in [2.75, 3.05) is 20.2 Å². The molecule has 2 aromatic heterocycles. The molecule has 3 rings (SSSR count). The molecule has 2 aromatic rings. The minimum atomic E-state index is -3.59. The molecular weight excluding hydrogens is 322 g/mol. The van der Waals surface area contributed by atoms with E-state index in [1.165, 1.54) is 36.3 Å². The molecular formula is C13H17N5O4S. The largest absolute Gasteiger partial charge is 0.477 e. The van der Waals surface area contributed by atoms with Crippen molar-refractivity contribution in [1.29, 1.82) is 0 Å². The Labute approximate surface area is 133 Å². The van der Waals surface area contributed by atoms with Gasteiger partial charge in [0.05, 0.1) is 26.2 Å². The minimum Gasteiger partial charge on any atom is -0.477 e. The Kier molecular flexibility index (Phi) is 4.44. The molecule has 0 spiro atoms. The van der Waals surface area contributed by atoms with Gasteiger partial charge in [-0.15, -0.1) is 0 Å². The van der Waals surface area contributed by atoms with E-state index in [9.17, 15) is 8.42 Å². The number of methoxy groups -OCH3 is 1. The molecule has 124 valence electrons. The van der Waals surface area contributed by atoms with E-state index in [1.807, 2.05) is 0 Å². The van der Waals surface area contributed by atoms with Gasteiger partial charge in [-0.2, -0.15) is 4.31 Å². The number of hydrogen-bond acceptors (Lipinski definition) is 7. The van der Waals surface area contributed by atoms with Gasteiger partial charge in [-0.1, -0.05) is 0 Å². The average Bonchev–Trinajstić information content (AvgIpc) is 3.11. The molecule has 0 radical (unpaired) electrons. The van der Waals surface area contributed by atoms with E-state index in [4.69, 9.17) is 9.47 Å². The molecule has 1 unspecified atom stereocenters. The fourth-order valence-corrected chi connectivity index (χ4v) is 3.84. The van der Waals surface area contributed by atoms with Crippen LogP contribution in [0.25, 0.3) is 0 Å². The van der Waals surface area contributed by atoms with Gasteiger partial charge >= 0.3 is 0 Å². The Bertz CT molecular complexity index is 749. The first-order valence-corrected chi connectivity index (χ1v) is 8.55. The third kappa shape index (κ3) is 3.27. The quantitative estimate of drug-likeness (QED) is 0.841. The first kappa shape index (κ1) is 15.7. The average molecular weight is 339 g/mol. The molecule has 1 atom stereocenters. The number of aromatic nitrogens is 4. The summed E-state index contributed by atoms with van der Waals surface area (Å²) < 4.78 is 37.3. The monoisotopic (exact) mass is 339 g/mol. The van der Waals surface area contributed by atoms with Crippen molar-refractivity contribution in [3.8, 4) is 11.8 Å². The van der Waals surface area contributed by atoms with Gasteiger partial charge in [-0.25, -0.2) is 23.4 Å². The van der Waals surface area contributed by atoms with Gasteiger partial charge in [0.1, 0.15) is 6.10 Å². The molecule has 1 saturated heterocycles. The van der Waals surface area contributed by atoms with Gasteiger partial charge in [-0.05, 0) is 12.8 Å². The molecule has 1 aliphatic rings. The smallest absolute Gasteiger partial charge is 0.278 e. The van der Waals surface area contributed by atoms with E-state index in [0.29, 0.717) is 13.0 Å². The maximum Gasteiger partial charge on any atom is 0.278 e. The zero-order chi connectivity index (χ0) is 16.3. The number of aromatic amines is 1. The van der Waals surface area contributed by atoms with Crippen molar-refractivity contribution in [2.45, 2.75) is 24.0 Å². The van der Waals surface area contributed by atoms with Crippen LogP contribution in [0.2, 0.25) is 0 Å². The number of imidazole rings is 1. The normalized spacial score (nSPS) is 19.4. The predicted octanol–water partition coefficient (Wildman–Crippen LogP) is 0.440. The Morgan fingerprint density at radius 1 is 1.30 bits per heavy atom. The van der Waals surface area contributed by atoms with Crippen molar-refractivity contribution in [3.05, 3.63) is 24.9 Å². The zero-order valence-corrected chi connectivity index (χ0v) is 13.4. The summed E-state index contributed by atoms with van der Waals surface area (Å²) in [5.74, 6) is 0.543. The van der Waals surface area contributed by atoms with Crippen molar-refractivity contribution in [2.24, 2.45) is 0 Å². The second-order valence-electron chi connectivity index (χ2n) is 5.03. The molecule has 1 aliphatic heterocycles. The number of sulfonamides is 1. The van der Waals surface area contributed by atoms with Gasteiger partial charge in [0.15, 0.2) is 5.03 Å². The van der Waals surface area contributed by atoms with E-state index in [2.05, 4.69) is 19.9 Å². The molecule has 0 bridgehead atoms. The Morgan fingerprint density at radius 3 is 2.78 bits per heavy atom. The highest BCUT2D eigenvalue weighted by Crippen LogP contribution is 2.25. The van der Waals surface area contributed by atoms with Gasteiger partial charge < -0.3 is 14.5 Å². The van der Waals surface area contributed by atoms with Crippen LogP contribution >= 0.6 is 0 Å². The Morgan fingerprint density at radius 2 is 2.09 bits per heavy atom. The van der Waals surface area contributed by atoms with Crippen molar-refractivity contribution < 1.29 is 17.9 Å². The van der Waals surface area contributed by atoms with E-state index in [1.54, 1.807) is 0 Å². The second-order valence-corrected chi connectivity index (χ2v) is 6.94. The highest BCUT2D eigenvalue weighted by Gasteiger charge is 2.32. The molecule has 0 amide bonds. The van der Waals surface area contributed by atoms with Crippen LogP contribution in [0.3, 0.4) is 0 Å². The third-order valence-electron chi connectivity index (χ3n) is 3.54. The Hall–Kier alpha value is -2.20. The highest BCUT2D eigenvalue weighted by atomic mass is 32.2. The number of rotatable bonds is 5. The van der Waals surface area contributed by atoms with Gasteiger partial charge in [0.2, 0.25) is 0 Å². The topological polar surface area (TPSA) is 110 Å². The minimum absolute atomic E-state index is 0.0789. The number of H-pyrrole nitrogens is 1. The first-order chi connectivity index (χ1) is 11.1. The summed E-state index contributed by atoms with van der Waals surface area (Å²) in [6.45, 7) is 0.680. The summed E-state index contributed by atoms with van der Waals surface area (Å²) in [5, 5.41) is 0.0789. The van der Waals surface area contributed by atoms with Crippen molar-refractivity contribution in [1.82, 2.24) is 24.2 Å². The lowest BCUT2D eigenvalue weighted by atomic mass is 10.1. The van der Waals surface area contributed by atoms with E-state index < -0.39 is 10.0 Å². The lowest BCUT2D eigenvalue weighted by Crippen LogP contribution is -2.44. The summed E-state index contributed by atoms with van der Waals surface area (Å²) in [6.07, 6.45) is 6.75. The number of nitrogens with one attached hydrogen (secondary N) is 1. The van der Waals surface area contributed by atoms with E-state index >= 15 is 0 Å². The van der Waals surface area contributed by atoms with Gasteiger partial charge in [0.25, 0.3) is 21.8 Å². The molecule has 1 N–H and O–H groups in total.